The number of nitrogens with zero attached hydrogens (tertiary/aromatic N) is 1. The zero-order valence-corrected chi connectivity index (χ0v) is 12.7. The van der Waals surface area contributed by atoms with Crippen LogP contribution in [0.25, 0.3) is 0 Å². The third kappa shape index (κ3) is 3.21. The van der Waals surface area contributed by atoms with Gasteiger partial charge in [0.15, 0.2) is 0 Å². The van der Waals surface area contributed by atoms with Crippen molar-refractivity contribution in [1.29, 1.82) is 0 Å². The van der Waals surface area contributed by atoms with Gasteiger partial charge in [-0.2, -0.15) is 11.8 Å². The fourth-order valence-electron chi connectivity index (χ4n) is 2.40. The summed E-state index contributed by atoms with van der Waals surface area (Å²) in [4.78, 5) is 4.25. The lowest BCUT2D eigenvalue weighted by atomic mass is 10.3. The maximum atomic E-state index is 12.4. The standard InChI is InChI=1S/C12H19N3O2S2/c1-13-12-11(7-4-8-14-12)19(16,17)15-9-5-3-6-10(9)18-2/h4,7-10,15H,3,5-6H2,1-2H3,(H,13,14). The SMILES string of the molecule is CNc1ncccc1S(=O)(=O)NC1CCCC1SC. The second-order valence-electron chi connectivity index (χ2n) is 4.53. The molecule has 2 atom stereocenters. The second-order valence-corrected chi connectivity index (χ2v) is 7.29. The molecule has 0 aliphatic heterocycles. The van der Waals surface area contributed by atoms with Crippen molar-refractivity contribution >= 4 is 27.6 Å². The Bertz CT molecular complexity index is 534. The molecular formula is C12H19N3O2S2. The molecule has 0 amide bonds. The maximum Gasteiger partial charge on any atom is 0.244 e. The van der Waals surface area contributed by atoms with Crippen LogP contribution in [0.1, 0.15) is 19.3 Å². The molecule has 1 saturated carbocycles. The van der Waals surface area contributed by atoms with Gasteiger partial charge in [-0.1, -0.05) is 6.42 Å². The van der Waals surface area contributed by atoms with Crippen molar-refractivity contribution in [2.75, 3.05) is 18.6 Å². The Hall–Kier alpha value is -0.790. The Morgan fingerprint density at radius 2 is 2.21 bits per heavy atom. The summed E-state index contributed by atoms with van der Waals surface area (Å²) in [5.74, 6) is 0.383. The van der Waals surface area contributed by atoms with Crippen LogP contribution in [0.15, 0.2) is 23.2 Å². The molecule has 0 saturated heterocycles. The quantitative estimate of drug-likeness (QED) is 0.866. The predicted octanol–water partition coefficient (Wildman–Crippen LogP) is 1.69. The molecule has 1 fully saturated rings. The van der Waals surface area contributed by atoms with E-state index < -0.39 is 10.0 Å². The predicted molar refractivity (Wildman–Crippen MR) is 79.0 cm³/mol. The third-order valence-corrected chi connectivity index (χ3v) is 6.05. The maximum absolute atomic E-state index is 12.4. The number of aromatic nitrogens is 1. The van der Waals surface area contributed by atoms with Crippen molar-refractivity contribution in [2.24, 2.45) is 0 Å². The van der Waals surface area contributed by atoms with Crippen LogP contribution in [0.5, 0.6) is 0 Å². The minimum absolute atomic E-state index is 0.0184. The van der Waals surface area contributed by atoms with Gasteiger partial charge in [-0.15, -0.1) is 0 Å². The zero-order valence-electron chi connectivity index (χ0n) is 11.1. The van der Waals surface area contributed by atoms with E-state index in [0.717, 1.165) is 19.3 Å². The monoisotopic (exact) mass is 301 g/mol. The summed E-state index contributed by atoms with van der Waals surface area (Å²) in [6.07, 6.45) is 6.65. The van der Waals surface area contributed by atoms with Gasteiger partial charge in [-0.05, 0) is 31.2 Å². The van der Waals surface area contributed by atoms with Gasteiger partial charge in [0, 0.05) is 24.5 Å². The number of anilines is 1. The van der Waals surface area contributed by atoms with E-state index in [1.165, 1.54) is 0 Å². The Morgan fingerprint density at radius 1 is 1.42 bits per heavy atom. The van der Waals surface area contributed by atoms with E-state index in [1.54, 1.807) is 37.1 Å². The smallest absolute Gasteiger partial charge is 0.244 e. The summed E-state index contributed by atoms with van der Waals surface area (Å²) >= 11 is 1.73. The van der Waals surface area contributed by atoms with Gasteiger partial charge in [0.2, 0.25) is 10.0 Å². The number of hydrogen-bond acceptors (Lipinski definition) is 5. The highest BCUT2D eigenvalue weighted by Gasteiger charge is 2.31. The van der Waals surface area contributed by atoms with E-state index in [9.17, 15) is 8.42 Å². The largest absolute Gasteiger partial charge is 0.372 e. The Kier molecular flexibility index (Phi) is 4.70. The fraction of sp³-hybridized carbons (Fsp3) is 0.583. The average molecular weight is 301 g/mol. The van der Waals surface area contributed by atoms with Gasteiger partial charge >= 0.3 is 0 Å². The highest BCUT2D eigenvalue weighted by molar-refractivity contribution is 7.99. The molecule has 19 heavy (non-hydrogen) atoms. The molecule has 1 aliphatic rings. The molecule has 5 nitrogen and oxygen atoms in total. The average Bonchev–Trinajstić information content (AvgIpc) is 2.85. The first-order valence-electron chi connectivity index (χ1n) is 6.26. The van der Waals surface area contributed by atoms with Crippen molar-refractivity contribution in [3.8, 4) is 0 Å². The van der Waals surface area contributed by atoms with E-state index in [-0.39, 0.29) is 10.9 Å². The van der Waals surface area contributed by atoms with Gasteiger partial charge in [-0.3, -0.25) is 0 Å². The molecule has 0 radical (unpaired) electrons. The van der Waals surface area contributed by atoms with Crippen LogP contribution in [0.2, 0.25) is 0 Å². The molecule has 2 N–H and O–H groups in total. The topological polar surface area (TPSA) is 71.1 Å². The summed E-state index contributed by atoms with van der Waals surface area (Å²) in [6.45, 7) is 0. The molecule has 1 aliphatic carbocycles. The Morgan fingerprint density at radius 3 is 2.89 bits per heavy atom. The minimum atomic E-state index is -3.52. The van der Waals surface area contributed by atoms with Crippen LogP contribution in [-0.4, -0.2) is 38.0 Å². The molecule has 1 heterocycles. The normalized spacial score (nSPS) is 23.5. The number of rotatable bonds is 5. The van der Waals surface area contributed by atoms with Crippen molar-refractivity contribution in [1.82, 2.24) is 9.71 Å². The summed E-state index contributed by atoms with van der Waals surface area (Å²) in [7, 11) is -1.85. The van der Waals surface area contributed by atoms with Gasteiger partial charge in [0.05, 0.1) is 0 Å². The molecule has 2 unspecified atom stereocenters. The molecule has 2 rings (SSSR count). The first-order valence-corrected chi connectivity index (χ1v) is 9.03. The van der Waals surface area contributed by atoms with E-state index in [2.05, 4.69) is 15.0 Å². The summed E-state index contributed by atoms with van der Waals surface area (Å²) in [5.41, 5.74) is 0. The van der Waals surface area contributed by atoms with Crippen molar-refractivity contribution in [3.05, 3.63) is 18.3 Å². The van der Waals surface area contributed by atoms with Crippen LogP contribution < -0.4 is 10.0 Å². The number of sulfonamides is 1. The molecule has 0 bridgehead atoms. The third-order valence-electron chi connectivity index (χ3n) is 3.36. The van der Waals surface area contributed by atoms with E-state index in [1.807, 2.05) is 6.26 Å². The van der Waals surface area contributed by atoms with Gasteiger partial charge in [0.25, 0.3) is 0 Å². The van der Waals surface area contributed by atoms with Crippen molar-refractivity contribution in [3.63, 3.8) is 0 Å². The van der Waals surface area contributed by atoms with E-state index in [0.29, 0.717) is 11.1 Å². The number of nitrogens with one attached hydrogen (secondary N) is 2. The van der Waals surface area contributed by atoms with Gasteiger partial charge in [-0.25, -0.2) is 18.1 Å². The lowest BCUT2D eigenvalue weighted by molar-refractivity contribution is 0.555. The summed E-state index contributed by atoms with van der Waals surface area (Å²) in [5, 5.41) is 3.18. The number of hydrogen-bond donors (Lipinski definition) is 2. The van der Waals surface area contributed by atoms with Crippen molar-refractivity contribution < 1.29 is 8.42 Å². The number of thioether (sulfide) groups is 1. The van der Waals surface area contributed by atoms with E-state index in [4.69, 9.17) is 0 Å². The molecular weight excluding hydrogens is 282 g/mol. The Balaban J connectivity index is 2.23. The summed E-state index contributed by atoms with van der Waals surface area (Å²) < 4.78 is 27.7. The molecule has 0 spiro atoms. The van der Waals surface area contributed by atoms with Crippen LogP contribution in [0, 0.1) is 0 Å². The van der Waals surface area contributed by atoms with Crippen molar-refractivity contribution in [2.45, 2.75) is 35.4 Å². The Labute approximate surface area is 118 Å². The molecule has 1 aromatic heterocycles. The van der Waals surface area contributed by atoms with E-state index >= 15 is 0 Å². The second kappa shape index (κ2) is 6.11. The highest BCUT2D eigenvalue weighted by atomic mass is 32.2. The van der Waals surface area contributed by atoms with Crippen LogP contribution in [0.3, 0.4) is 0 Å². The molecule has 1 aromatic rings. The molecule has 0 aromatic carbocycles. The van der Waals surface area contributed by atoms with Gasteiger partial charge in [0.1, 0.15) is 10.7 Å². The summed E-state index contributed by atoms with van der Waals surface area (Å²) in [6, 6.07) is 3.23. The van der Waals surface area contributed by atoms with Crippen LogP contribution in [-0.2, 0) is 10.0 Å². The first kappa shape index (κ1) is 14.6. The lowest BCUT2D eigenvalue weighted by Crippen LogP contribution is -2.38. The molecule has 106 valence electrons. The fourth-order valence-corrected chi connectivity index (χ4v) is 4.90. The van der Waals surface area contributed by atoms with Crippen LogP contribution >= 0.6 is 11.8 Å². The minimum Gasteiger partial charge on any atom is -0.372 e. The zero-order chi connectivity index (χ0) is 13.9. The lowest BCUT2D eigenvalue weighted by Gasteiger charge is -2.19. The van der Waals surface area contributed by atoms with Crippen LogP contribution in [0.4, 0.5) is 5.82 Å². The van der Waals surface area contributed by atoms with Gasteiger partial charge < -0.3 is 5.32 Å². The first-order chi connectivity index (χ1) is 9.08. The number of pyridine rings is 1. The molecule has 7 heteroatoms. The highest BCUT2D eigenvalue weighted by Crippen LogP contribution is 2.30.